The molecule has 0 amide bonds. The maximum absolute atomic E-state index is 11.6. The lowest BCUT2D eigenvalue weighted by Gasteiger charge is -2.29. The van der Waals surface area contributed by atoms with Crippen molar-refractivity contribution in [1.82, 2.24) is 10.6 Å². The zero-order chi connectivity index (χ0) is 15.7. The van der Waals surface area contributed by atoms with Crippen LogP contribution in [0, 0.1) is 0 Å². The Morgan fingerprint density at radius 1 is 0.952 bits per heavy atom. The number of ether oxygens (including phenoxy) is 2. The predicted octanol–water partition coefficient (Wildman–Crippen LogP) is 1.47. The maximum atomic E-state index is 11.6. The second-order valence-electron chi connectivity index (χ2n) is 5.56. The monoisotopic (exact) mass is 298 g/mol. The Bertz CT molecular complexity index is 369. The molecule has 0 aliphatic carbocycles. The molecule has 1 fully saturated rings. The second-order valence-corrected chi connectivity index (χ2v) is 5.56. The molecular weight excluding hydrogens is 272 g/mol. The average Bonchev–Trinajstić information content (AvgIpc) is 2.38. The molecule has 0 bridgehead atoms. The first-order valence-electron chi connectivity index (χ1n) is 7.51. The number of nitrogens with one attached hydrogen (secondary N) is 2. The zero-order valence-corrected chi connectivity index (χ0v) is 13.2. The van der Waals surface area contributed by atoms with Crippen molar-refractivity contribution in [2.45, 2.75) is 51.7 Å². The molecule has 1 heterocycles. The lowest BCUT2D eigenvalue weighted by molar-refractivity contribution is -0.222. The smallest absolute Gasteiger partial charge is 0.350 e. The molecule has 0 aromatic rings. The number of unbranched alkanes of at least 4 members (excludes halogenated alkanes) is 4. The molecule has 1 saturated heterocycles. The number of hydrogen-bond donors (Lipinski definition) is 2. The van der Waals surface area contributed by atoms with Crippen LogP contribution in [0.5, 0.6) is 0 Å². The van der Waals surface area contributed by atoms with Gasteiger partial charge < -0.3 is 20.1 Å². The molecule has 1 aliphatic rings. The Hall–Kier alpha value is -1.56. The van der Waals surface area contributed by atoms with E-state index in [4.69, 9.17) is 9.47 Å². The lowest BCUT2D eigenvalue weighted by atomic mass is 10.1. The third-order valence-corrected chi connectivity index (χ3v) is 3.11. The third kappa shape index (κ3) is 6.62. The van der Waals surface area contributed by atoms with Crippen molar-refractivity contribution in [3.63, 3.8) is 0 Å². The van der Waals surface area contributed by atoms with E-state index in [-0.39, 0.29) is 5.57 Å². The molecule has 0 saturated carbocycles. The summed E-state index contributed by atoms with van der Waals surface area (Å²) in [7, 11) is 1.96. The van der Waals surface area contributed by atoms with E-state index in [0.717, 1.165) is 25.9 Å². The van der Waals surface area contributed by atoms with Crippen LogP contribution in [0.1, 0.15) is 46.0 Å². The number of carbonyl (C=O) groups excluding carboxylic acids is 2. The van der Waals surface area contributed by atoms with Gasteiger partial charge >= 0.3 is 11.9 Å². The van der Waals surface area contributed by atoms with Crippen molar-refractivity contribution in [1.29, 1.82) is 0 Å². The Labute approximate surface area is 126 Å². The van der Waals surface area contributed by atoms with E-state index in [1.54, 1.807) is 0 Å². The summed E-state index contributed by atoms with van der Waals surface area (Å²) in [5.74, 6) is -2.47. The molecule has 1 rings (SSSR count). The minimum Gasteiger partial charge on any atom is -0.419 e. The average molecular weight is 298 g/mol. The van der Waals surface area contributed by atoms with Crippen LogP contribution in [0.15, 0.2) is 11.8 Å². The summed E-state index contributed by atoms with van der Waals surface area (Å²) < 4.78 is 9.99. The van der Waals surface area contributed by atoms with Gasteiger partial charge in [0.2, 0.25) is 0 Å². The highest BCUT2D eigenvalue weighted by Gasteiger charge is 2.38. The summed E-state index contributed by atoms with van der Waals surface area (Å²) >= 11 is 0. The van der Waals surface area contributed by atoms with E-state index in [1.807, 2.05) is 7.05 Å². The maximum Gasteiger partial charge on any atom is 0.350 e. The van der Waals surface area contributed by atoms with Gasteiger partial charge in [-0.05, 0) is 26.4 Å². The highest BCUT2D eigenvalue weighted by atomic mass is 16.7. The Kier molecular flexibility index (Phi) is 7.22. The Morgan fingerprint density at radius 3 is 2.05 bits per heavy atom. The van der Waals surface area contributed by atoms with Crippen LogP contribution < -0.4 is 10.6 Å². The fraction of sp³-hybridized carbons (Fsp3) is 0.733. The largest absolute Gasteiger partial charge is 0.419 e. The normalized spacial score (nSPS) is 17.2. The van der Waals surface area contributed by atoms with Crippen LogP contribution in [0.4, 0.5) is 0 Å². The number of rotatable bonds is 9. The first-order valence-corrected chi connectivity index (χ1v) is 7.51. The second kappa shape index (κ2) is 8.67. The molecule has 21 heavy (non-hydrogen) atoms. The van der Waals surface area contributed by atoms with Gasteiger partial charge in [-0.1, -0.05) is 19.3 Å². The first kappa shape index (κ1) is 17.5. The molecule has 0 aromatic carbocycles. The van der Waals surface area contributed by atoms with Crippen molar-refractivity contribution >= 4 is 11.9 Å². The third-order valence-electron chi connectivity index (χ3n) is 3.11. The molecule has 0 unspecified atom stereocenters. The number of carbonyl (C=O) groups is 2. The summed E-state index contributed by atoms with van der Waals surface area (Å²) in [4.78, 5) is 23.3. The SMILES string of the molecule is CNCCCCCCCNC=C1C(=O)OC(C)(C)OC1=O. The molecule has 0 radical (unpaired) electrons. The molecule has 0 aromatic heterocycles. The van der Waals surface area contributed by atoms with Gasteiger partial charge in [0.05, 0.1) is 0 Å². The highest BCUT2D eigenvalue weighted by molar-refractivity contribution is 6.15. The molecule has 120 valence electrons. The Morgan fingerprint density at radius 2 is 1.48 bits per heavy atom. The van der Waals surface area contributed by atoms with Gasteiger partial charge in [-0.3, -0.25) is 0 Å². The fourth-order valence-corrected chi connectivity index (χ4v) is 2.01. The molecule has 0 atom stereocenters. The van der Waals surface area contributed by atoms with Crippen LogP contribution in [0.25, 0.3) is 0 Å². The first-order chi connectivity index (χ1) is 9.96. The van der Waals surface area contributed by atoms with E-state index in [9.17, 15) is 9.59 Å². The van der Waals surface area contributed by atoms with Crippen molar-refractivity contribution in [3.05, 3.63) is 11.8 Å². The van der Waals surface area contributed by atoms with Crippen LogP contribution >= 0.6 is 0 Å². The van der Waals surface area contributed by atoms with Crippen molar-refractivity contribution in [3.8, 4) is 0 Å². The molecule has 0 spiro atoms. The minimum atomic E-state index is -1.18. The predicted molar refractivity (Wildman–Crippen MR) is 79.4 cm³/mol. The van der Waals surface area contributed by atoms with Crippen molar-refractivity contribution in [2.24, 2.45) is 0 Å². The fourth-order valence-electron chi connectivity index (χ4n) is 2.01. The molecule has 6 nitrogen and oxygen atoms in total. The summed E-state index contributed by atoms with van der Waals surface area (Å²) in [6.07, 6.45) is 7.12. The van der Waals surface area contributed by atoms with Gasteiger partial charge in [-0.2, -0.15) is 0 Å². The van der Waals surface area contributed by atoms with Gasteiger partial charge in [0.15, 0.2) is 5.57 Å². The van der Waals surface area contributed by atoms with E-state index in [2.05, 4.69) is 10.6 Å². The number of esters is 2. The van der Waals surface area contributed by atoms with Crippen molar-refractivity contribution in [2.75, 3.05) is 20.1 Å². The Balaban J connectivity index is 2.19. The van der Waals surface area contributed by atoms with E-state index in [0.29, 0.717) is 0 Å². The highest BCUT2D eigenvalue weighted by Crippen LogP contribution is 2.21. The summed E-state index contributed by atoms with van der Waals surface area (Å²) in [5.41, 5.74) is -0.0802. The molecular formula is C15H26N2O4. The molecule has 1 aliphatic heterocycles. The number of hydrogen-bond acceptors (Lipinski definition) is 6. The van der Waals surface area contributed by atoms with Crippen LogP contribution in [-0.4, -0.2) is 37.9 Å². The van der Waals surface area contributed by atoms with Gasteiger partial charge in [0.1, 0.15) is 0 Å². The zero-order valence-electron chi connectivity index (χ0n) is 13.2. The van der Waals surface area contributed by atoms with Crippen LogP contribution in [0.2, 0.25) is 0 Å². The van der Waals surface area contributed by atoms with Crippen LogP contribution in [0.3, 0.4) is 0 Å². The minimum absolute atomic E-state index is 0.0802. The van der Waals surface area contributed by atoms with E-state index in [1.165, 1.54) is 39.3 Å². The van der Waals surface area contributed by atoms with E-state index >= 15 is 0 Å². The number of cyclic esters (lactones) is 2. The van der Waals surface area contributed by atoms with Gasteiger partial charge in [-0.25, -0.2) is 9.59 Å². The molecule has 6 heteroatoms. The summed E-state index contributed by atoms with van der Waals surface area (Å²) in [6.45, 7) is 4.84. The summed E-state index contributed by atoms with van der Waals surface area (Å²) in [5, 5.41) is 6.09. The van der Waals surface area contributed by atoms with Gasteiger partial charge in [0, 0.05) is 26.6 Å². The summed E-state index contributed by atoms with van der Waals surface area (Å²) in [6, 6.07) is 0. The van der Waals surface area contributed by atoms with E-state index < -0.39 is 17.7 Å². The molecule has 2 N–H and O–H groups in total. The standard InChI is InChI=1S/C15H26N2O4/c1-15(2)20-13(18)12(14(19)21-15)11-17-10-8-6-4-5-7-9-16-3/h11,16-17H,4-10H2,1-3H3. The van der Waals surface area contributed by atoms with Crippen molar-refractivity contribution < 1.29 is 19.1 Å². The van der Waals surface area contributed by atoms with Gasteiger partial charge in [0.25, 0.3) is 5.79 Å². The van der Waals surface area contributed by atoms with Crippen LogP contribution in [-0.2, 0) is 19.1 Å². The topological polar surface area (TPSA) is 76.7 Å². The quantitative estimate of drug-likeness (QED) is 0.290. The van der Waals surface area contributed by atoms with Gasteiger partial charge in [-0.15, -0.1) is 0 Å². The lowest BCUT2D eigenvalue weighted by Crippen LogP contribution is -2.42.